The average Bonchev–Trinajstić information content (AvgIpc) is 3.63. The number of benzene rings is 1. The van der Waals surface area contributed by atoms with Crippen molar-refractivity contribution >= 4 is 30.7 Å². The van der Waals surface area contributed by atoms with Crippen molar-refractivity contribution < 1.29 is 37.4 Å². The molecule has 0 saturated carbocycles. The van der Waals surface area contributed by atoms with Gasteiger partial charge in [-0.15, -0.1) is 0 Å². The van der Waals surface area contributed by atoms with E-state index in [1.807, 2.05) is 12.1 Å². The summed E-state index contributed by atoms with van der Waals surface area (Å²) in [5.41, 5.74) is 0.617. The number of para-hydroxylation sites is 1. The molecule has 11 heteroatoms. The molecule has 1 aromatic rings. The number of rotatable bonds is 16. The van der Waals surface area contributed by atoms with Crippen LogP contribution in [0.5, 0.6) is 5.75 Å². The zero-order valence-electron chi connectivity index (χ0n) is 28.6. The Balaban J connectivity index is 1.75. The van der Waals surface area contributed by atoms with E-state index in [-0.39, 0.29) is 67.1 Å². The van der Waals surface area contributed by atoms with Gasteiger partial charge >= 0.3 is 0 Å². The Morgan fingerprint density at radius 1 is 0.930 bits per heavy atom. The van der Waals surface area contributed by atoms with Crippen LogP contribution in [0.4, 0.5) is 0 Å². The van der Waals surface area contributed by atoms with Crippen LogP contribution in [0, 0.1) is 11.8 Å². The number of aliphatic hydroxyl groups is 1. The molecular formula is C32H58O8Si3. The number of aliphatic hydroxyl groups excluding tert-OH is 1. The van der Waals surface area contributed by atoms with Gasteiger partial charge < -0.3 is 32.6 Å². The molecule has 0 bridgehead atoms. The summed E-state index contributed by atoms with van der Waals surface area (Å²) in [6, 6.07) is 7.28. The minimum atomic E-state index is -2.02. The number of carbonyl (C=O) groups is 1. The van der Waals surface area contributed by atoms with E-state index in [0.29, 0.717) is 17.9 Å². The van der Waals surface area contributed by atoms with Crippen molar-refractivity contribution in [3.05, 3.63) is 29.8 Å². The molecule has 0 amide bonds. The van der Waals surface area contributed by atoms with Crippen molar-refractivity contribution in [2.45, 2.75) is 135 Å². The fraction of sp³-hybridized carbons (Fsp3) is 0.781. The topological polar surface area (TPSA) is 96.0 Å². The van der Waals surface area contributed by atoms with Crippen molar-refractivity contribution in [2.75, 3.05) is 13.7 Å². The number of methoxy groups -OCH3 is 1. The lowest BCUT2D eigenvalue weighted by Gasteiger charge is -2.47. The quantitative estimate of drug-likeness (QED) is 0.158. The van der Waals surface area contributed by atoms with Gasteiger partial charge in [-0.05, 0) is 71.9 Å². The Morgan fingerprint density at radius 3 is 2.12 bits per heavy atom. The van der Waals surface area contributed by atoms with E-state index < -0.39 is 31.1 Å². The second kappa shape index (κ2) is 14.7. The minimum absolute atomic E-state index is 0.00662. The smallest absolute Gasteiger partial charge is 0.184 e. The van der Waals surface area contributed by atoms with Crippen molar-refractivity contribution in [1.82, 2.24) is 0 Å². The Labute approximate surface area is 263 Å². The number of hydrogen-bond acceptors (Lipinski definition) is 8. The van der Waals surface area contributed by atoms with Crippen molar-refractivity contribution in [2.24, 2.45) is 11.8 Å². The summed E-state index contributed by atoms with van der Waals surface area (Å²) in [6.45, 7) is 24.5. The zero-order chi connectivity index (χ0) is 32.3. The Kier molecular flexibility index (Phi) is 12.5. The summed E-state index contributed by atoms with van der Waals surface area (Å²) in [4.78, 5) is 13.4. The molecule has 246 valence electrons. The molecule has 2 aliphatic rings. The molecule has 2 heterocycles. The van der Waals surface area contributed by atoms with Gasteiger partial charge in [-0.1, -0.05) is 25.1 Å². The normalized spacial score (nSPS) is 28.7. The summed E-state index contributed by atoms with van der Waals surface area (Å²) in [6.07, 6.45) is -0.351. The van der Waals surface area contributed by atoms with Crippen LogP contribution >= 0.6 is 0 Å². The third-order valence-corrected chi connectivity index (χ3v) is 11.0. The van der Waals surface area contributed by atoms with Gasteiger partial charge in [0.15, 0.2) is 25.0 Å². The predicted molar refractivity (Wildman–Crippen MR) is 178 cm³/mol. The number of ether oxygens (including phenoxy) is 3. The van der Waals surface area contributed by atoms with Crippen LogP contribution in [0.1, 0.15) is 44.8 Å². The maximum Gasteiger partial charge on any atom is 0.184 e. The van der Waals surface area contributed by atoms with E-state index >= 15 is 0 Å². The van der Waals surface area contributed by atoms with E-state index in [4.69, 9.17) is 27.5 Å². The number of Topliss-reactive ketones (excluding diaryl/α,β-unsaturated/α-hetero) is 1. The van der Waals surface area contributed by atoms with E-state index in [1.165, 1.54) is 0 Å². The van der Waals surface area contributed by atoms with Crippen LogP contribution < -0.4 is 4.74 Å². The molecule has 9 atom stereocenters. The van der Waals surface area contributed by atoms with Crippen LogP contribution in [-0.2, 0) is 27.5 Å². The molecular weight excluding hydrogens is 597 g/mol. The van der Waals surface area contributed by atoms with Gasteiger partial charge in [0.1, 0.15) is 11.5 Å². The average molecular weight is 655 g/mol. The van der Waals surface area contributed by atoms with E-state index in [0.717, 1.165) is 6.42 Å². The molecule has 2 aliphatic heterocycles. The molecule has 1 unspecified atom stereocenters. The lowest BCUT2D eigenvalue weighted by molar-refractivity contribution is -0.159. The summed E-state index contributed by atoms with van der Waals surface area (Å²) in [7, 11) is -4.11. The van der Waals surface area contributed by atoms with Gasteiger partial charge in [-0.3, -0.25) is 4.79 Å². The fourth-order valence-corrected chi connectivity index (χ4v) is 9.60. The standard InChI is InChI=1S/C32H58O8Si3/c1-21(22(2)38-41(4,5)6)30-29(37-30)19-28-32(40-43(10,11)12)31(39-42(7,8)9)23(20-36-28)17-24(33)18-26(34)25-15-13-14-16-27(25)35-3/h13-16,21-23,26,28-32,34H,17-20H2,1-12H3/t21-,22+,23+,26?,28+,29+,30+,31-,32-/m1/s1. The van der Waals surface area contributed by atoms with Crippen LogP contribution in [0.3, 0.4) is 0 Å². The number of carbonyl (C=O) groups excluding carboxylic acids is 1. The van der Waals surface area contributed by atoms with Crippen molar-refractivity contribution in [3.63, 3.8) is 0 Å². The zero-order valence-corrected chi connectivity index (χ0v) is 31.6. The maximum absolute atomic E-state index is 13.4. The SMILES string of the molecule is COc1ccccc1C(O)CC(=O)C[C@H]1CO[C@@H](C[C@@H]2O[C@H]2[C@H](C)[C@H](C)O[Si](C)(C)C)[C@@H](O[Si](C)(C)C)[C@@H]1O[Si](C)(C)C. The Hall–Kier alpha value is -0.899. The highest BCUT2D eigenvalue weighted by molar-refractivity contribution is 6.70. The third kappa shape index (κ3) is 11.4. The number of epoxide rings is 1. The van der Waals surface area contributed by atoms with Gasteiger partial charge in [0.25, 0.3) is 0 Å². The summed E-state index contributed by atoms with van der Waals surface area (Å²) in [5.74, 6) is 0.663. The van der Waals surface area contributed by atoms with Crippen LogP contribution in [0.25, 0.3) is 0 Å². The van der Waals surface area contributed by atoms with Crippen LogP contribution in [0.15, 0.2) is 24.3 Å². The molecule has 8 nitrogen and oxygen atoms in total. The first-order valence-electron chi connectivity index (χ1n) is 15.9. The molecule has 2 saturated heterocycles. The molecule has 2 fully saturated rings. The highest BCUT2D eigenvalue weighted by Crippen LogP contribution is 2.41. The molecule has 1 N–H and O–H groups in total. The fourth-order valence-electron chi connectivity index (χ4n) is 6.03. The molecule has 0 spiro atoms. The van der Waals surface area contributed by atoms with Gasteiger partial charge in [0, 0.05) is 42.8 Å². The second-order valence-corrected chi connectivity index (χ2v) is 28.8. The monoisotopic (exact) mass is 654 g/mol. The summed E-state index contributed by atoms with van der Waals surface area (Å²) in [5, 5.41) is 10.9. The van der Waals surface area contributed by atoms with E-state index in [1.54, 1.807) is 19.2 Å². The molecule has 0 aliphatic carbocycles. The van der Waals surface area contributed by atoms with Crippen LogP contribution in [-0.4, -0.2) is 86.2 Å². The lowest BCUT2D eigenvalue weighted by Crippen LogP contribution is -2.58. The number of hydrogen-bond donors (Lipinski definition) is 1. The third-order valence-electron chi connectivity index (χ3n) is 7.95. The first-order chi connectivity index (χ1) is 19.8. The largest absolute Gasteiger partial charge is 0.496 e. The molecule has 3 rings (SSSR count). The summed E-state index contributed by atoms with van der Waals surface area (Å²) < 4.78 is 38.2. The van der Waals surface area contributed by atoms with Crippen molar-refractivity contribution in [1.29, 1.82) is 0 Å². The second-order valence-electron chi connectivity index (χ2n) is 15.4. The van der Waals surface area contributed by atoms with Gasteiger partial charge in [-0.25, -0.2) is 0 Å². The molecule has 0 radical (unpaired) electrons. The molecule has 0 aromatic heterocycles. The lowest BCUT2D eigenvalue weighted by atomic mass is 9.85. The van der Waals surface area contributed by atoms with Gasteiger partial charge in [0.05, 0.1) is 50.3 Å². The minimum Gasteiger partial charge on any atom is -0.496 e. The highest BCUT2D eigenvalue weighted by atomic mass is 28.4. The van der Waals surface area contributed by atoms with Crippen LogP contribution in [0.2, 0.25) is 58.9 Å². The van der Waals surface area contributed by atoms with Gasteiger partial charge in [-0.2, -0.15) is 0 Å². The highest BCUT2D eigenvalue weighted by Gasteiger charge is 2.52. The summed E-state index contributed by atoms with van der Waals surface area (Å²) >= 11 is 0. The number of ketones is 1. The first kappa shape index (κ1) is 36.6. The Morgan fingerprint density at radius 2 is 1.53 bits per heavy atom. The van der Waals surface area contributed by atoms with E-state index in [2.05, 4.69) is 72.8 Å². The maximum atomic E-state index is 13.4. The van der Waals surface area contributed by atoms with Crippen molar-refractivity contribution in [3.8, 4) is 5.75 Å². The predicted octanol–water partition coefficient (Wildman–Crippen LogP) is 6.57. The molecule has 43 heavy (non-hydrogen) atoms. The van der Waals surface area contributed by atoms with Gasteiger partial charge in [0.2, 0.25) is 0 Å². The molecule has 1 aromatic carbocycles. The van der Waals surface area contributed by atoms with E-state index in [9.17, 15) is 9.90 Å². The first-order valence-corrected chi connectivity index (χ1v) is 26.1. The Bertz CT molecular complexity index is 1050.